The van der Waals surface area contributed by atoms with E-state index in [0.717, 1.165) is 25.8 Å². The van der Waals surface area contributed by atoms with Gasteiger partial charge in [-0.1, -0.05) is 11.6 Å². The number of hydrogen-bond donors (Lipinski definition) is 0. The number of nitrogens with zero attached hydrogens (tertiary/aromatic N) is 2. The van der Waals surface area contributed by atoms with Crippen LogP contribution < -0.4 is 4.74 Å². The average molecular weight is 405 g/mol. The second kappa shape index (κ2) is 9.15. The van der Waals surface area contributed by atoms with Crippen LogP contribution in [0.1, 0.15) is 46.5 Å². The van der Waals surface area contributed by atoms with E-state index >= 15 is 0 Å². The molecule has 0 spiro atoms. The zero-order valence-electron chi connectivity index (χ0n) is 16.2. The number of piperidine rings is 1. The van der Waals surface area contributed by atoms with Crippen LogP contribution in [-0.4, -0.2) is 47.6 Å². The molecule has 0 aliphatic carbocycles. The van der Waals surface area contributed by atoms with Crippen molar-refractivity contribution in [3.05, 3.63) is 52.8 Å². The molecule has 6 nitrogen and oxygen atoms in total. The zero-order chi connectivity index (χ0) is 20.1. The molecular weight excluding hydrogens is 380 g/mol. The SMILES string of the molecule is COc1ccc(Cl)cc1C(=O)OCCC1CCCCN1C(=O)c1cccn1C. The van der Waals surface area contributed by atoms with Gasteiger partial charge < -0.3 is 18.9 Å². The predicted octanol–water partition coefficient (Wildman–Crippen LogP) is 3.93. The number of carbonyl (C=O) groups excluding carboxylic acids is 2. The highest BCUT2D eigenvalue weighted by molar-refractivity contribution is 6.31. The van der Waals surface area contributed by atoms with Crippen LogP contribution in [0.25, 0.3) is 0 Å². The van der Waals surface area contributed by atoms with Crippen LogP contribution in [0.5, 0.6) is 5.75 Å². The number of hydrogen-bond acceptors (Lipinski definition) is 4. The largest absolute Gasteiger partial charge is 0.496 e. The van der Waals surface area contributed by atoms with Crippen LogP contribution in [0, 0.1) is 0 Å². The first-order chi connectivity index (χ1) is 13.5. The number of rotatable bonds is 6. The molecule has 0 N–H and O–H groups in total. The van der Waals surface area contributed by atoms with Crippen LogP contribution in [0.15, 0.2) is 36.5 Å². The maximum atomic E-state index is 12.9. The van der Waals surface area contributed by atoms with Crippen LogP contribution in [0.3, 0.4) is 0 Å². The fourth-order valence-corrected chi connectivity index (χ4v) is 3.78. The first-order valence-corrected chi connectivity index (χ1v) is 9.82. The van der Waals surface area contributed by atoms with Gasteiger partial charge in [0.15, 0.2) is 0 Å². The Morgan fingerprint density at radius 3 is 2.79 bits per heavy atom. The summed E-state index contributed by atoms with van der Waals surface area (Å²) in [6.45, 7) is 0.959. The summed E-state index contributed by atoms with van der Waals surface area (Å²) >= 11 is 5.98. The van der Waals surface area contributed by atoms with Gasteiger partial charge in [0, 0.05) is 37.3 Å². The van der Waals surface area contributed by atoms with E-state index in [1.807, 2.05) is 34.8 Å². The molecule has 1 atom stereocenters. The molecule has 28 heavy (non-hydrogen) atoms. The third-order valence-corrected chi connectivity index (χ3v) is 5.35. The summed E-state index contributed by atoms with van der Waals surface area (Å²) in [7, 11) is 3.36. The van der Waals surface area contributed by atoms with Gasteiger partial charge >= 0.3 is 5.97 Å². The Morgan fingerprint density at radius 1 is 1.25 bits per heavy atom. The van der Waals surface area contributed by atoms with Crippen molar-refractivity contribution >= 4 is 23.5 Å². The quantitative estimate of drug-likeness (QED) is 0.684. The molecule has 1 aliphatic heterocycles. The Morgan fingerprint density at radius 2 is 2.07 bits per heavy atom. The van der Waals surface area contributed by atoms with E-state index in [4.69, 9.17) is 21.1 Å². The smallest absolute Gasteiger partial charge is 0.341 e. The number of ether oxygens (including phenoxy) is 2. The van der Waals surface area contributed by atoms with Crippen LogP contribution in [0.2, 0.25) is 5.02 Å². The van der Waals surface area contributed by atoms with Crippen molar-refractivity contribution < 1.29 is 19.1 Å². The molecule has 1 aliphatic rings. The van der Waals surface area contributed by atoms with E-state index < -0.39 is 5.97 Å². The number of likely N-dealkylation sites (tertiary alicyclic amines) is 1. The summed E-state index contributed by atoms with van der Waals surface area (Å²) in [6, 6.07) is 8.60. The van der Waals surface area contributed by atoms with Gasteiger partial charge in [0.25, 0.3) is 5.91 Å². The van der Waals surface area contributed by atoms with Gasteiger partial charge in [-0.15, -0.1) is 0 Å². The van der Waals surface area contributed by atoms with E-state index in [0.29, 0.717) is 28.5 Å². The highest BCUT2D eigenvalue weighted by Crippen LogP contribution is 2.25. The summed E-state index contributed by atoms with van der Waals surface area (Å²) in [6.07, 6.45) is 5.44. The number of halogens is 1. The fraction of sp³-hybridized carbons (Fsp3) is 0.429. The number of amides is 1. The van der Waals surface area contributed by atoms with Crippen molar-refractivity contribution in [3.8, 4) is 5.75 Å². The molecule has 1 fully saturated rings. The van der Waals surface area contributed by atoms with Gasteiger partial charge in [-0.25, -0.2) is 4.79 Å². The van der Waals surface area contributed by atoms with E-state index in [9.17, 15) is 9.59 Å². The Balaban J connectivity index is 1.61. The lowest BCUT2D eigenvalue weighted by atomic mass is 9.99. The normalized spacial score (nSPS) is 16.7. The molecule has 1 amide bonds. The molecule has 1 aromatic carbocycles. The lowest BCUT2D eigenvalue weighted by Crippen LogP contribution is -2.44. The molecule has 0 bridgehead atoms. The second-order valence-electron chi connectivity index (χ2n) is 6.92. The van der Waals surface area contributed by atoms with Gasteiger partial charge in [0.05, 0.1) is 13.7 Å². The van der Waals surface area contributed by atoms with Crippen molar-refractivity contribution in [3.63, 3.8) is 0 Å². The third-order valence-electron chi connectivity index (χ3n) is 5.12. The predicted molar refractivity (Wildman–Crippen MR) is 107 cm³/mol. The minimum Gasteiger partial charge on any atom is -0.496 e. The average Bonchev–Trinajstić information content (AvgIpc) is 3.13. The first kappa shape index (κ1) is 20.3. The van der Waals surface area contributed by atoms with Crippen LogP contribution in [-0.2, 0) is 11.8 Å². The van der Waals surface area contributed by atoms with Crippen LogP contribution in [0.4, 0.5) is 0 Å². The third kappa shape index (κ3) is 4.50. The Labute approximate surface area is 170 Å². The zero-order valence-corrected chi connectivity index (χ0v) is 16.9. The Hall–Kier alpha value is -2.47. The highest BCUT2D eigenvalue weighted by atomic mass is 35.5. The summed E-state index contributed by atoms with van der Waals surface area (Å²) in [5.74, 6) is -0.0249. The molecule has 1 unspecified atom stereocenters. The number of aromatic nitrogens is 1. The van der Waals surface area contributed by atoms with Gasteiger partial charge in [-0.3, -0.25) is 4.79 Å². The van der Waals surface area contributed by atoms with Gasteiger partial charge in [0.2, 0.25) is 0 Å². The maximum Gasteiger partial charge on any atom is 0.341 e. The molecule has 0 saturated carbocycles. The van der Waals surface area contributed by atoms with Gasteiger partial charge in [-0.2, -0.15) is 0 Å². The minimum absolute atomic E-state index is 0.0278. The molecule has 2 aromatic rings. The minimum atomic E-state index is -0.476. The van der Waals surface area contributed by atoms with E-state index in [1.54, 1.807) is 12.1 Å². The summed E-state index contributed by atoms with van der Waals surface area (Å²) < 4.78 is 12.5. The van der Waals surface area contributed by atoms with E-state index in [2.05, 4.69) is 0 Å². The summed E-state index contributed by atoms with van der Waals surface area (Å²) in [5.41, 5.74) is 0.975. The molecular formula is C21H25ClN2O4. The number of esters is 1. The van der Waals surface area contributed by atoms with E-state index in [1.165, 1.54) is 13.2 Å². The molecule has 0 radical (unpaired) electrons. The number of aryl methyl sites for hydroxylation is 1. The summed E-state index contributed by atoms with van der Waals surface area (Å²) in [5, 5.41) is 0.444. The molecule has 1 saturated heterocycles. The van der Waals surface area contributed by atoms with Crippen molar-refractivity contribution in [1.29, 1.82) is 0 Å². The number of benzene rings is 1. The molecule has 3 rings (SSSR count). The lowest BCUT2D eigenvalue weighted by Gasteiger charge is -2.35. The fourth-order valence-electron chi connectivity index (χ4n) is 3.60. The maximum absolute atomic E-state index is 12.9. The number of carbonyl (C=O) groups is 2. The van der Waals surface area contributed by atoms with Gasteiger partial charge in [0.1, 0.15) is 17.0 Å². The van der Waals surface area contributed by atoms with Crippen molar-refractivity contribution in [2.24, 2.45) is 7.05 Å². The Bertz CT molecular complexity index is 849. The second-order valence-corrected chi connectivity index (χ2v) is 7.36. The molecule has 1 aromatic heterocycles. The number of methoxy groups -OCH3 is 1. The molecule has 2 heterocycles. The Kier molecular flexibility index (Phi) is 6.62. The van der Waals surface area contributed by atoms with Crippen molar-refractivity contribution in [1.82, 2.24) is 9.47 Å². The van der Waals surface area contributed by atoms with Crippen molar-refractivity contribution in [2.75, 3.05) is 20.3 Å². The molecule has 150 valence electrons. The van der Waals surface area contributed by atoms with E-state index in [-0.39, 0.29) is 18.6 Å². The summed E-state index contributed by atoms with van der Waals surface area (Å²) in [4.78, 5) is 27.2. The standard InChI is InChI=1S/C21H25ClN2O4/c1-23-11-5-7-18(23)20(25)24-12-4-3-6-16(24)10-13-28-21(26)17-14-15(22)8-9-19(17)27-2/h5,7-9,11,14,16H,3-4,6,10,12-13H2,1-2H3. The van der Waals surface area contributed by atoms with Gasteiger partial charge in [-0.05, 0) is 49.6 Å². The molecule has 7 heteroatoms. The van der Waals surface area contributed by atoms with Crippen molar-refractivity contribution in [2.45, 2.75) is 31.7 Å². The first-order valence-electron chi connectivity index (χ1n) is 9.44. The highest BCUT2D eigenvalue weighted by Gasteiger charge is 2.28. The lowest BCUT2D eigenvalue weighted by molar-refractivity contribution is 0.0404. The van der Waals surface area contributed by atoms with Crippen LogP contribution >= 0.6 is 11.6 Å². The topological polar surface area (TPSA) is 60.8 Å². The monoisotopic (exact) mass is 404 g/mol.